The van der Waals surface area contributed by atoms with Gasteiger partial charge in [-0.15, -0.1) is 6.58 Å². The van der Waals surface area contributed by atoms with Gasteiger partial charge in [-0.1, -0.05) is 57.8 Å². The molecule has 0 heterocycles. The van der Waals surface area contributed by atoms with E-state index in [1.165, 1.54) is 32.1 Å². The lowest BCUT2D eigenvalue weighted by atomic mass is 10.0. The topological polar surface area (TPSA) is 20.2 Å². The van der Waals surface area contributed by atoms with E-state index in [2.05, 4.69) is 19.6 Å². The van der Waals surface area contributed by atoms with Crippen LogP contribution in [0.25, 0.3) is 0 Å². The maximum absolute atomic E-state index is 9.60. The van der Waals surface area contributed by atoms with E-state index in [-0.39, 0.29) is 12.0 Å². The second-order valence-electron chi connectivity index (χ2n) is 4.22. The molecule has 0 saturated carbocycles. The summed E-state index contributed by atoms with van der Waals surface area (Å²) in [6, 6.07) is 0. The Hall–Kier alpha value is -0.560. The van der Waals surface area contributed by atoms with Crippen molar-refractivity contribution < 1.29 is 5.11 Å². The Bertz CT molecular complexity index is 172. The van der Waals surface area contributed by atoms with Crippen LogP contribution >= 0.6 is 0 Å². The third-order valence-corrected chi connectivity index (χ3v) is 2.72. The van der Waals surface area contributed by atoms with E-state index in [1.54, 1.807) is 6.08 Å². The molecule has 2 atom stereocenters. The number of rotatable bonds is 9. The van der Waals surface area contributed by atoms with Crippen LogP contribution in [-0.4, -0.2) is 11.2 Å². The fourth-order valence-electron chi connectivity index (χ4n) is 1.42. The Kier molecular flexibility index (Phi) is 9.60. The van der Waals surface area contributed by atoms with E-state index < -0.39 is 0 Å². The molecule has 0 aliphatic carbocycles. The normalized spacial score (nSPS) is 15.4. The van der Waals surface area contributed by atoms with Crippen LogP contribution < -0.4 is 0 Å². The molecule has 0 aliphatic rings. The van der Waals surface area contributed by atoms with Gasteiger partial charge in [-0.2, -0.15) is 0 Å². The summed E-state index contributed by atoms with van der Waals surface area (Å²) < 4.78 is 0. The minimum absolute atomic E-state index is 0.154. The predicted molar refractivity (Wildman–Crippen MR) is 67.9 cm³/mol. The molecule has 0 amide bonds. The maximum Gasteiger partial charge on any atom is 0.0780 e. The lowest BCUT2D eigenvalue weighted by Crippen LogP contribution is -2.11. The molecular formula is C14H26O. The zero-order valence-electron chi connectivity index (χ0n) is 10.3. The third-order valence-electron chi connectivity index (χ3n) is 2.72. The van der Waals surface area contributed by atoms with Crippen LogP contribution in [0.2, 0.25) is 0 Å². The minimum Gasteiger partial charge on any atom is -0.388 e. The molecule has 1 N–H and O–H groups in total. The molecule has 0 radical (unpaired) electrons. The van der Waals surface area contributed by atoms with Crippen molar-refractivity contribution in [3.8, 4) is 0 Å². The van der Waals surface area contributed by atoms with Crippen LogP contribution in [-0.2, 0) is 0 Å². The highest BCUT2D eigenvalue weighted by atomic mass is 16.3. The summed E-state index contributed by atoms with van der Waals surface area (Å²) in [5.74, 6) is 0.154. The fourth-order valence-corrected chi connectivity index (χ4v) is 1.42. The van der Waals surface area contributed by atoms with Crippen LogP contribution in [0, 0.1) is 5.92 Å². The number of allylic oxidation sites excluding steroid dienone is 1. The number of aliphatic hydroxyl groups is 1. The van der Waals surface area contributed by atoms with E-state index in [4.69, 9.17) is 0 Å². The first kappa shape index (κ1) is 14.4. The molecule has 0 spiro atoms. The Labute approximate surface area is 94.9 Å². The molecule has 0 aromatic rings. The Morgan fingerprint density at radius 2 is 1.87 bits per heavy atom. The highest BCUT2D eigenvalue weighted by Crippen LogP contribution is 2.08. The van der Waals surface area contributed by atoms with Crippen LogP contribution in [0.15, 0.2) is 24.8 Å². The zero-order chi connectivity index (χ0) is 11.5. The summed E-state index contributed by atoms with van der Waals surface area (Å²) in [7, 11) is 0. The molecule has 0 fully saturated rings. The lowest BCUT2D eigenvalue weighted by Gasteiger charge is -2.09. The Morgan fingerprint density at radius 3 is 2.47 bits per heavy atom. The second kappa shape index (κ2) is 9.97. The first-order chi connectivity index (χ1) is 7.22. The van der Waals surface area contributed by atoms with Gasteiger partial charge in [-0.25, -0.2) is 0 Å². The molecule has 2 unspecified atom stereocenters. The Morgan fingerprint density at radius 1 is 1.20 bits per heavy atom. The van der Waals surface area contributed by atoms with Gasteiger partial charge in [0.15, 0.2) is 0 Å². The molecule has 1 heteroatoms. The lowest BCUT2D eigenvalue weighted by molar-refractivity contribution is 0.185. The zero-order valence-corrected chi connectivity index (χ0v) is 10.3. The summed E-state index contributed by atoms with van der Waals surface area (Å²) in [5, 5.41) is 9.60. The van der Waals surface area contributed by atoms with Gasteiger partial charge < -0.3 is 5.11 Å². The maximum atomic E-state index is 9.60. The van der Waals surface area contributed by atoms with E-state index in [0.29, 0.717) is 0 Å². The van der Waals surface area contributed by atoms with Gasteiger partial charge in [0.05, 0.1) is 6.10 Å². The van der Waals surface area contributed by atoms with Crippen molar-refractivity contribution in [2.45, 2.75) is 58.5 Å². The van der Waals surface area contributed by atoms with Gasteiger partial charge in [0.25, 0.3) is 0 Å². The molecule has 0 aliphatic heterocycles. The number of aliphatic hydroxyl groups excluding tert-OH is 1. The van der Waals surface area contributed by atoms with Crippen molar-refractivity contribution in [3.05, 3.63) is 24.8 Å². The molecule has 1 nitrogen and oxygen atoms in total. The van der Waals surface area contributed by atoms with Crippen LogP contribution in [0.5, 0.6) is 0 Å². The largest absolute Gasteiger partial charge is 0.388 e. The van der Waals surface area contributed by atoms with E-state index in [1.807, 2.05) is 13.0 Å². The standard InChI is InChI=1S/C14H26O/c1-4-6-7-8-9-10-11-12-14(15)13(3)5-2/h5,11-15H,2,4,6-10H2,1,3H3/b12-11+. The van der Waals surface area contributed by atoms with Crippen molar-refractivity contribution in [2.24, 2.45) is 5.92 Å². The molecule has 0 aromatic heterocycles. The Balaban J connectivity index is 3.41. The van der Waals surface area contributed by atoms with Crippen LogP contribution in [0.3, 0.4) is 0 Å². The van der Waals surface area contributed by atoms with E-state index in [9.17, 15) is 5.11 Å². The molecule has 88 valence electrons. The molecule has 0 aromatic carbocycles. The fraction of sp³-hybridized carbons (Fsp3) is 0.714. The number of unbranched alkanes of at least 4 members (excludes halogenated alkanes) is 5. The summed E-state index contributed by atoms with van der Waals surface area (Å²) in [5.41, 5.74) is 0. The molecule has 0 saturated heterocycles. The van der Waals surface area contributed by atoms with Gasteiger partial charge in [0.1, 0.15) is 0 Å². The van der Waals surface area contributed by atoms with Crippen LogP contribution in [0.4, 0.5) is 0 Å². The quantitative estimate of drug-likeness (QED) is 0.449. The number of hydrogen-bond donors (Lipinski definition) is 1. The van der Waals surface area contributed by atoms with Gasteiger partial charge in [0.2, 0.25) is 0 Å². The minimum atomic E-state index is -0.363. The van der Waals surface area contributed by atoms with Crippen LogP contribution in [0.1, 0.15) is 52.4 Å². The first-order valence-corrected chi connectivity index (χ1v) is 6.19. The molecular weight excluding hydrogens is 184 g/mol. The smallest absolute Gasteiger partial charge is 0.0780 e. The van der Waals surface area contributed by atoms with E-state index in [0.717, 1.165) is 6.42 Å². The monoisotopic (exact) mass is 210 g/mol. The van der Waals surface area contributed by atoms with Crippen molar-refractivity contribution in [3.63, 3.8) is 0 Å². The van der Waals surface area contributed by atoms with Crippen molar-refractivity contribution in [1.29, 1.82) is 0 Å². The van der Waals surface area contributed by atoms with Crippen molar-refractivity contribution in [2.75, 3.05) is 0 Å². The van der Waals surface area contributed by atoms with E-state index >= 15 is 0 Å². The summed E-state index contributed by atoms with van der Waals surface area (Å²) in [6.45, 7) is 7.87. The van der Waals surface area contributed by atoms with Gasteiger partial charge in [0, 0.05) is 5.92 Å². The highest BCUT2D eigenvalue weighted by Gasteiger charge is 2.04. The molecule has 0 rings (SSSR count). The summed E-state index contributed by atoms with van der Waals surface area (Å²) >= 11 is 0. The summed E-state index contributed by atoms with van der Waals surface area (Å²) in [4.78, 5) is 0. The third kappa shape index (κ3) is 8.44. The van der Waals surface area contributed by atoms with Gasteiger partial charge >= 0.3 is 0 Å². The average Bonchev–Trinajstić information content (AvgIpc) is 2.26. The van der Waals surface area contributed by atoms with Crippen molar-refractivity contribution >= 4 is 0 Å². The first-order valence-electron chi connectivity index (χ1n) is 6.19. The van der Waals surface area contributed by atoms with Gasteiger partial charge in [-0.05, 0) is 12.8 Å². The number of hydrogen-bond acceptors (Lipinski definition) is 1. The van der Waals surface area contributed by atoms with Crippen molar-refractivity contribution in [1.82, 2.24) is 0 Å². The molecule has 0 bridgehead atoms. The summed E-state index contributed by atoms with van der Waals surface area (Å²) in [6.07, 6.45) is 13.0. The molecule has 15 heavy (non-hydrogen) atoms. The predicted octanol–water partition coefficient (Wildman–Crippen LogP) is 4.09. The second-order valence-corrected chi connectivity index (χ2v) is 4.22. The van der Waals surface area contributed by atoms with Gasteiger partial charge in [-0.3, -0.25) is 0 Å². The SMILES string of the molecule is C=CC(C)C(O)/C=C/CCCCCCC. The average molecular weight is 210 g/mol. The highest BCUT2D eigenvalue weighted by molar-refractivity contribution is 4.95.